The lowest BCUT2D eigenvalue weighted by molar-refractivity contribution is 0.488. The summed E-state index contributed by atoms with van der Waals surface area (Å²) < 4.78 is 2.31. The van der Waals surface area contributed by atoms with Gasteiger partial charge in [0.15, 0.2) is 5.82 Å². The van der Waals surface area contributed by atoms with Crippen LogP contribution >= 0.6 is 0 Å². The van der Waals surface area contributed by atoms with Gasteiger partial charge in [-0.2, -0.15) is 0 Å². The maximum Gasteiger partial charge on any atom is 0.168 e. The van der Waals surface area contributed by atoms with E-state index in [0.29, 0.717) is 0 Å². The van der Waals surface area contributed by atoms with Crippen molar-refractivity contribution in [1.82, 2.24) is 14.8 Å². The highest BCUT2D eigenvalue weighted by Crippen LogP contribution is 2.54. The highest BCUT2D eigenvalue weighted by atomic mass is 15.3. The molecule has 4 aromatic rings. The van der Waals surface area contributed by atoms with Crippen molar-refractivity contribution in [3.63, 3.8) is 0 Å². The van der Waals surface area contributed by atoms with E-state index in [1.807, 2.05) is 6.07 Å². The lowest BCUT2D eigenvalue weighted by Crippen LogP contribution is -2.25. The summed E-state index contributed by atoms with van der Waals surface area (Å²) in [6, 6.07) is 26.1. The maximum atomic E-state index is 4.67. The molecule has 156 valence electrons. The van der Waals surface area contributed by atoms with Gasteiger partial charge in [-0.05, 0) is 41.2 Å². The highest BCUT2D eigenvalue weighted by Gasteiger charge is 2.42. The molecule has 0 bridgehead atoms. The molecule has 0 saturated carbocycles. The zero-order valence-corrected chi connectivity index (χ0v) is 18.8. The summed E-state index contributed by atoms with van der Waals surface area (Å²) in [5.74, 6) is 2.18. The van der Waals surface area contributed by atoms with Crippen molar-refractivity contribution in [2.75, 3.05) is 0 Å². The van der Waals surface area contributed by atoms with E-state index in [4.69, 9.17) is 0 Å². The van der Waals surface area contributed by atoms with Crippen LogP contribution < -0.4 is 0 Å². The molecule has 0 atom stereocenters. The van der Waals surface area contributed by atoms with Crippen molar-refractivity contribution in [3.05, 3.63) is 89.7 Å². The number of benzene rings is 3. The molecule has 3 heteroatoms. The average molecular weight is 408 g/mol. The van der Waals surface area contributed by atoms with E-state index in [1.54, 1.807) is 0 Å². The van der Waals surface area contributed by atoms with Gasteiger partial charge in [0.25, 0.3) is 0 Å². The standard InChI is InChI=1S/C28H29N3/c1-5-28(6-2)23-17-11-10-15-21(23)22-16-12-18-24(25(22)28)31-26(19(3)4)29-30-27(31)20-13-8-7-9-14-20/h7-19H,5-6H2,1-4H3. The third-order valence-electron chi connectivity index (χ3n) is 6.94. The Bertz CT molecular complexity index is 1230. The summed E-state index contributed by atoms with van der Waals surface area (Å²) in [5, 5.41) is 9.33. The molecule has 1 aromatic heterocycles. The fourth-order valence-corrected chi connectivity index (χ4v) is 5.39. The van der Waals surface area contributed by atoms with E-state index in [2.05, 4.69) is 109 Å². The molecular formula is C28H29N3. The zero-order chi connectivity index (χ0) is 21.6. The van der Waals surface area contributed by atoms with Gasteiger partial charge in [0, 0.05) is 16.9 Å². The molecule has 0 unspecified atom stereocenters. The average Bonchev–Trinajstić information content (AvgIpc) is 3.38. The summed E-state index contributed by atoms with van der Waals surface area (Å²) in [6.45, 7) is 9.03. The normalized spacial score (nSPS) is 14.0. The summed E-state index contributed by atoms with van der Waals surface area (Å²) >= 11 is 0. The Morgan fingerprint density at radius 2 is 1.45 bits per heavy atom. The number of nitrogens with zero attached hydrogens (tertiary/aromatic N) is 3. The SMILES string of the molecule is CCC1(CC)c2ccccc2-c2cccc(-n3c(-c4ccccc4)nnc3C(C)C)c21. The Kier molecular flexibility index (Phi) is 4.77. The highest BCUT2D eigenvalue weighted by molar-refractivity contribution is 5.84. The fourth-order valence-electron chi connectivity index (χ4n) is 5.39. The molecule has 0 spiro atoms. The molecule has 0 aliphatic heterocycles. The van der Waals surface area contributed by atoms with Crippen molar-refractivity contribution in [2.45, 2.75) is 51.9 Å². The lowest BCUT2D eigenvalue weighted by atomic mass is 9.73. The van der Waals surface area contributed by atoms with Crippen LogP contribution in [-0.4, -0.2) is 14.8 Å². The minimum absolute atomic E-state index is 0.00496. The topological polar surface area (TPSA) is 30.7 Å². The Morgan fingerprint density at radius 1 is 0.774 bits per heavy atom. The Balaban J connectivity index is 1.86. The van der Waals surface area contributed by atoms with Crippen LogP contribution in [0.1, 0.15) is 63.4 Å². The maximum absolute atomic E-state index is 4.67. The van der Waals surface area contributed by atoms with Crippen LogP contribution in [0.4, 0.5) is 0 Å². The molecule has 3 aromatic carbocycles. The second-order valence-electron chi connectivity index (χ2n) is 8.77. The van der Waals surface area contributed by atoms with Gasteiger partial charge in [0.2, 0.25) is 0 Å². The first-order valence-corrected chi connectivity index (χ1v) is 11.4. The lowest BCUT2D eigenvalue weighted by Gasteiger charge is -2.32. The van der Waals surface area contributed by atoms with Crippen LogP contribution in [0.2, 0.25) is 0 Å². The molecule has 0 fully saturated rings. The molecule has 3 nitrogen and oxygen atoms in total. The van der Waals surface area contributed by atoms with Gasteiger partial charge in [-0.15, -0.1) is 10.2 Å². The molecule has 0 N–H and O–H groups in total. The number of fused-ring (bicyclic) bond motifs is 3. The Hall–Kier alpha value is -3.20. The monoisotopic (exact) mass is 407 g/mol. The van der Waals surface area contributed by atoms with Crippen LogP contribution in [0.25, 0.3) is 28.2 Å². The van der Waals surface area contributed by atoms with Gasteiger partial charge in [-0.1, -0.05) is 94.4 Å². The number of hydrogen-bond donors (Lipinski definition) is 0. The van der Waals surface area contributed by atoms with E-state index in [1.165, 1.54) is 27.9 Å². The van der Waals surface area contributed by atoms with Gasteiger partial charge in [-0.3, -0.25) is 4.57 Å². The smallest absolute Gasteiger partial charge is 0.168 e. The van der Waals surface area contributed by atoms with E-state index < -0.39 is 0 Å². The van der Waals surface area contributed by atoms with Crippen LogP contribution in [0.3, 0.4) is 0 Å². The quantitative estimate of drug-likeness (QED) is 0.352. The van der Waals surface area contributed by atoms with Crippen LogP contribution in [0, 0.1) is 0 Å². The van der Waals surface area contributed by atoms with Gasteiger partial charge < -0.3 is 0 Å². The van der Waals surface area contributed by atoms with Gasteiger partial charge in [0.05, 0.1) is 5.69 Å². The van der Waals surface area contributed by atoms with E-state index in [0.717, 1.165) is 30.1 Å². The molecular weight excluding hydrogens is 378 g/mol. The van der Waals surface area contributed by atoms with E-state index in [9.17, 15) is 0 Å². The number of hydrogen-bond acceptors (Lipinski definition) is 2. The first kappa shape index (κ1) is 19.7. The molecule has 0 saturated heterocycles. The second-order valence-corrected chi connectivity index (χ2v) is 8.77. The minimum Gasteiger partial charge on any atom is -0.278 e. The van der Waals surface area contributed by atoms with Gasteiger partial charge >= 0.3 is 0 Å². The van der Waals surface area contributed by atoms with Gasteiger partial charge in [0.1, 0.15) is 5.82 Å². The Morgan fingerprint density at radius 3 is 2.16 bits per heavy atom. The predicted molar refractivity (Wildman–Crippen MR) is 128 cm³/mol. The molecule has 31 heavy (non-hydrogen) atoms. The first-order chi connectivity index (χ1) is 15.1. The minimum atomic E-state index is -0.00496. The molecule has 0 radical (unpaired) electrons. The summed E-state index contributed by atoms with van der Waals surface area (Å²) in [7, 11) is 0. The second kappa shape index (κ2) is 7.49. The van der Waals surface area contributed by atoms with Crippen molar-refractivity contribution >= 4 is 0 Å². The van der Waals surface area contributed by atoms with E-state index >= 15 is 0 Å². The third kappa shape index (κ3) is 2.79. The van der Waals surface area contributed by atoms with Crippen LogP contribution in [0.15, 0.2) is 72.8 Å². The van der Waals surface area contributed by atoms with Crippen molar-refractivity contribution < 1.29 is 0 Å². The Labute approximate surface area is 184 Å². The molecule has 1 heterocycles. The zero-order valence-electron chi connectivity index (χ0n) is 18.8. The predicted octanol–water partition coefficient (Wildman–Crippen LogP) is 7.14. The first-order valence-electron chi connectivity index (χ1n) is 11.4. The van der Waals surface area contributed by atoms with Gasteiger partial charge in [-0.25, -0.2) is 0 Å². The largest absolute Gasteiger partial charge is 0.278 e. The summed E-state index contributed by atoms with van der Waals surface area (Å²) in [4.78, 5) is 0. The van der Waals surface area contributed by atoms with Crippen LogP contribution in [0.5, 0.6) is 0 Å². The molecule has 0 amide bonds. The van der Waals surface area contributed by atoms with Crippen LogP contribution in [-0.2, 0) is 5.41 Å². The number of rotatable bonds is 5. The molecule has 1 aliphatic carbocycles. The summed E-state index contributed by atoms with van der Waals surface area (Å²) in [5.41, 5.74) is 7.87. The molecule has 1 aliphatic rings. The van der Waals surface area contributed by atoms with Crippen molar-refractivity contribution in [3.8, 4) is 28.2 Å². The number of aromatic nitrogens is 3. The molecule has 5 rings (SSSR count). The fraction of sp³-hybridized carbons (Fsp3) is 0.286. The van der Waals surface area contributed by atoms with Crippen molar-refractivity contribution in [1.29, 1.82) is 0 Å². The third-order valence-corrected chi connectivity index (χ3v) is 6.94. The van der Waals surface area contributed by atoms with E-state index in [-0.39, 0.29) is 11.3 Å². The summed E-state index contributed by atoms with van der Waals surface area (Å²) in [6.07, 6.45) is 2.12. The van der Waals surface area contributed by atoms with Crippen molar-refractivity contribution in [2.24, 2.45) is 0 Å².